The lowest BCUT2D eigenvalue weighted by Crippen LogP contribution is -2.13. The monoisotopic (exact) mass is 311 g/mol. The standard InChI is InChI=1S/C13H17N3O4S/c1-3-20-12(17)9-4-5-11-10(8-9)15-13(14)16(11)6-7-21(2,18)19/h4-5,8H,3,6-7H2,1-2H3,(H2,14,15). The van der Waals surface area contributed by atoms with Gasteiger partial charge in [0.1, 0.15) is 9.84 Å². The van der Waals surface area contributed by atoms with Gasteiger partial charge in [-0.25, -0.2) is 18.2 Å². The number of hydrogen-bond donors (Lipinski definition) is 1. The van der Waals surface area contributed by atoms with Crippen molar-refractivity contribution in [3.8, 4) is 0 Å². The molecule has 2 aromatic rings. The van der Waals surface area contributed by atoms with Crippen LogP contribution in [-0.2, 0) is 21.1 Å². The summed E-state index contributed by atoms with van der Waals surface area (Å²) in [6.45, 7) is 2.25. The number of carbonyl (C=O) groups excluding carboxylic acids is 1. The number of sulfone groups is 1. The Bertz CT molecular complexity index is 780. The number of nitrogens with zero attached hydrogens (tertiary/aromatic N) is 2. The maximum Gasteiger partial charge on any atom is 0.338 e. The van der Waals surface area contributed by atoms with Crippen LogP contribution in [0, 0.1) is 0 Å². The van der Waals surface area contributed by atoms with Gasteiger partial charge in [0.15, 0.2) is 0 Å². The molecule has 0 unspecified atom stereocenters. The summed E-state index contributed by atoms with van der Waals surface area (Å²) in [6.07, 6.45) is 1.17. The molecule has 0 aliphatic rings. The summed E-state index contributed by atoms with van der Waals surface area (Å²) >= 11 is 0. The van der Waals surface area contributed by atoms with E-state index < -0.39 is 15.8 Å². The number of aromatic nitrogens is 2. The van der Waals surface area contributed by atoms with Gasteiger partial charge in [-0.2, -0.15) is 0 Å². The van der Waals surface area contributed by atoms with Gasteiger partial charge in [0, 0.05) is 12.8 Å². The summed E-state index contributed by atoms with van der Waals surface area (Å²) in [4.78, 5) is 15.8. The number of ether oxygens (including phenoxy) is 1. The highest BCUT2D eigenvalue weighted by atomic mass is 32.2. The van der Waals surface area contributed by atoms with Crippen LogP contribution in [0.3, 0.4) is 0 Å². The van der Waals surface area contributed by atoms with Crippen LogP contribution in [0.4, 0.5) is 5.95 Å². The van der Waals surface area contributed by atoms with Crippen molar-refractivity contribution in [3.63, 3.8) is 0 Å². The second-order valence-corrected chi connectivity index (χ2v) is 6.94. The highest BCUT2D eigenvalue weighted by Gasteiger charge is 2.13. The van der Waals surface area contributed by atoms with Crippen molar-refractivity contribution in [1.29, 1.82) is 0 Å². The number of nitrogens with two attached hydrogens (primary N) is 1. The second-order valence-electron chi connectivity index (χ2n) is 4.68. The molecule has 8 heteroatoms. The fourth-order valence-electron chi connectivity index (χ4n) is 1.98. The van der Waals surface area contributed by atoms with E-state index in [1.165, 1.54) is 6.26 Å². The maximum atomic E-state index is 11.7. The minimum atomic E-state index is -3.09. The molecule has 1 aromatic carbocycles. The fourth-order valence-corrected chi connectivity index (χ4v) is 2.50. The van der Waals surface area contributed by atoms with Gasteiger partial charge in [-0.05, 0) is 25.1 Å². The number of nitrogen functional groups attached to an aromatic ring is 1. The molecule has 2 rings (SSSR count). The van der Waals surface area contributed by atoms with Crippen molar-refractivity contribution in [2.75, 3.05) is 24.3 Å². The van der Waals surface area contributed by atoms with E-state index >= 15 is 0 Å². The van der Waals surface area contributed by atoms with Crippen molar-refractivity contribution in [2.24, 2.45) is 0 Å². The van der Waals surface area contributed by atoms with Crippen molar-refractivity contribution in [2.45, 2.75) is 13.5 Å². The first-order chi connectivity index (χ1) is 9.81. The Balaban J connectivity index is 2.37. The van der Waals surface area contributed by atoms with E-state index in [2.05, 4.69) is 4.98 Å². The van der Waals surface area contributed by atoms with E-state index in [4.69, 9.17) is 10.5 Å². The molecule has 0 atom stereocenters. The smallest absolute Gasteiger partial charge is 0.338 e. The summed E-state index contributed by atoms with van der Waals surface area (Å²) in [7, 11) is -3.09. The van der Waals surface area contributed by atoms with Crippen LogP contribution in [-0.4, -0.2) is 42.6 Å². The Morgan fingerprint density at radius 1 is 1.43 bits per heavy atom. The van der Waals surface area contributed by atoms with Crippen molar-refractivity contribution in [1.82, 2.24) is 9.55 Å². The molecule has 0 radical (unpaired) electrons. The third kappa shape index (κ3) is 3.52. The first kappa shape index (κ1) is 15.3. The molecule has 1 aromatic heterocycles. The molecule has 1 heterocycles. The number of fused-ring (bicyclic) bond motifs is 1. The number of anilines is 1. The number of esters is 1. The zero-order valence-electron chi connectivity index (χ0n) is 11.9. The van der Waals surface area contributed by atoms with Gasteiger partial charge in [0.05, 0.1) is 29.0 Å². The zero-order valence-corrected chi connectivity index (χ0v) is 12.7. The quantitative estimate of drug-likeness (QED) is 0.820. The van der Waals surface area contributed by atoms with Crippen LogP contribution < -0.4 is 5.73 Å². The van der Waals surface area contributed by atoms with Gasteiger partial charge in [-0.3, -0.25) is 0 Å². The first-order valence-electron chi connectivity index (χ1n) is 6.42. The highest BCUT2D eigenvalue weighted by Crippen LogP contribution is 2.20. The number of aryl methyl sites for hydroxylation is 1. The lowest BCUT2D eigenvalue weighted by Gasteiger charge is -2.06. The Hall–Kier alpha value is -2.09. The topological polar surface area (TPSA) is 104 Å². The molecule has 0 aliphatic carbocycles. The summed E-state index contributed by atoms with van der Waals surface area (Å²) in [5, 5.41) is 0. The largest absolute Gasteiger partial charge is 0.462 e. The van der Waals surface area contributed by atoms with Crippen LogP contribution in [0.1, 0.15) is 17.3 Å². The number of benzene rings is 1. The van der Waals surface area contributed by atoms with Crippen molar-refractivity contribution in [3.05, 3.63) is 23.8 Å². The lowest BCUT2D eigenvalue weighted by molar-refractivity contribution is 0.0526. The van der Waals surface area contributed by atoms with Gasteiger partial charge in [0.25, 0.3) is 0 Å². The van der Waals surface area contributed by atoms with Crippen LogP contribution in [0.25, 0.3) is 11.0 Å². The Morgan fingerprint density at radius 3 is 2.76 bits per heavy atom. The molecule has 21 heavy (non-hydrogen) atoms. The molecule has 0 aliphatic heterocycles. The van der Waals surface area contributed by atoms with E-state index in [0.717, 1.165) is 0 Å². The van der Waals surface area contributed by atoms with Crippen LogP contribution in [0.2, 0.25) is 0 Å². The maximum absolute atomic E-state index is 11.7. The minimum absolute atomic E-state index is 0.0255. The number of carbonyl (C=O) groups is 1. The number of rotatable bonds is 5. The van der Waals surface area contributed by atoms with Gasteiger partial charge < -0.3 is 15.0 Å². The molecule has 0 amide bonds. The fraction of sp³-hybridized carbons (Fsp3) is 0.385. The van der Waals surface area contributed by atoms with Crippen molar-refractivity contribution >= 4 is 32.8 Å². The number of imidazole rings is 1. The third-order valence-electron chi connectivity index (χ3n) is 2.97. The van der Waals surface area contributed by atoms with Gasteiger partial charge >= 0.3 is 5.97 Å². The molecule has 114 valence electrons. The second kappa shape index (κ2) is 5.72. The molecule has 0 bridgehead atoms. The summed E-state index contributed by atoms with van der Waals surface area (Å²) < 4.78 is 29.0. The summed E-state index contributed by atoms with van der Waals surface area (Å²) in [5.74, 6) is -0.235. The zero-order chi connectivity index (χ0) is 15.6. The van der Waals surface area contributed by atoms with Crippen molar-refractivity contribution < 1.29 is 17.9 Å². The molecule has 7 nitrogen and oxygen atoms in total. The predicted octanol–water partition coefficient (Wildman–Crippen LogP) is 0.840. The summed E-state index contributed by atoms with van der Waals surface area (Å²) in [5.41, 5.74) is 7.41. The molecular formula is C13H17N3O4S. The normalized spacial score (nSPS) is 11.7. The highest BCUT2D eigenvalue weighted by molar-refractivity contribution is 7.90. The molecule has 0 fully saturated rings. The number of hydrogen-bond acceptors (Lipinski definition) is 6. The Morgan fingerprint density at radius 2 is 2.14 bits per heavy atom. The van der Waals surface area contributed by atoms with Gasteiger partial charge in [-0.15, -0.1) is 0 Å². The van der Waals surface area contributed by atoms with Crippen LogP contribution in [0.15, 0.2) is 18.2 Å². The molecule has 0 saturated carbocycles. The van der Waals surface area contributed by atoms with E-state index in [0.29, 0.717) is 23.2 Å². The Labute approximate surface area is 122 Å². The van der Waals surface area contributed by atoms with E-state index in [1.807, 2.05) is 0 Å². The Kier molecular flexibility index (Phi) is 4.17. The first-order valence-corrected chi connectivity index (χ1v) is 8.48. The molecule has 0 spiro atoms. The molecule has 2 N–H and O–H groups in total. The predicted molar refractivity (Wildman–Crippen MR) is 79.8 cm³/mol. The van der Waals surface area contributed by atoms with Crippen LogP contribution >= 0.6 is 0 Å². The minimum Gasteiger partial charge on any atom is -0.462 e. The van der Waals surface area contributed by atoms with Gasteiger partial charge in [-0.1, -0.05) is 0 Å². The summed E-state index contributed by atoms with van der Waals surface area (Å²) in [6, 6.07) is 4.88. The van der Waals surface area contributed by atoms with Crippen LogP contribution in [0.5, 0.6) is 0 Å². The molecule has 0 saturated heterocycles. The average molecular weight is 311 g/mol. The molecular weight excluding hydrogens is 294 g/mol. The van der Waals surface area contributed by atoms with E-state index in [-0.39, 0.29) is 18.2 Å². The van der Waals surface area contributed by atoms with E-state index in [9.17, 15) is 13.2 Å². The lowest BCUT2D eigenvalue weighted by atomic mass is 10.2. The SMILES string of the molecule is CCOC(=O)c1ccc2c(c1)nc(N)n2CCS(C)(=O)=O. The average Bonchev–Trinajstić information content (AvgIpc) is 2.70. The van der Waals surface area contributed by atoms with Gasteiger partial charge in [0.2, 0.25) is 5.95 Å². The van der Waals surface area contributed by atoms with E-state index in [1.54, 1.807) is 29.7 Å². The third-order valence-corrected chi connectivity index (χ3v) is 3.90.